The number of fused-ring (bicyclic) bond motifs is 2. The maximum absolute atomic E-state index is 12.8. The van der Waals surface area contributed by atoms with E-state index in [1.165, 1.54) is 16.9 Å². The van der Waals surface area contributed by atoms with Gasteiger partial charge in [-0.2, -0.15) is 0 Å². The van der Waals surface area contributed by atoms with Crippen molar-refractivity contribution in [2.45, 2.75) is 33.1 Å². The summed E-state index contributed by atoms with van der Waals surface area (Å²) in [5.41, 5.74) is 4.24. The Balaban J connectivity index is 1.52. The Morgan fingerprint density at radius 3 is 2.62 bits per heavy atom. The van der Waals surface area contributed by atoms with Crippen LogP contribution < -0.4 is 5.32 Å². The smallest absolute Gasteiger partial charge is 0.307 e. The van der Waals surface area contributed by atoms with Gasteiger partial charge in [0, 0.05) is 10.9 Å². The number of anilines is 1. The summed E-state index contributed by atoms with van der Waals surface area (Å²) in [4.78, 5) is 28.9. The van der Waals surface area contributed by atoms with E-state index >= 15 is 0 Å². The van der Waals surface area contributed by atoms with Crippen LogP contribution in [0.1, 0.15) is 30.4 Å². The van der Waals surface area contributed by atoms with Crippen LogP contribution in [0.5, 0.6) is 0 Å². The lowest BCUT2D eigenvalue weighted by Crippen LogP contribution is -2.37. The first-order valence-corrected chi connectivity index (χ1v) is 9.89. The highest BCUT2D eigenvalue weighted by atomic mass is 32.1. The van der Waals surface area contributed by atoms with Gasteiger partial charge in [-0.3, -0.25) is 9.59 Å². The maximum atomic E-state index is 12.8. The summed E-state index contributed by atoms with van der Waals surface area (Å²) in [6, 6.07) is 6.20. The molecule has 2 saturated carbocycles. The Kier molecular flexibility index (Phi) is 4.31. The minimum Gasteiger partial charge on any atom is -0.481 e. The molecule has 1 aromatic carbocycles. The highest BCUT2D eigenvalue weighted by molar-refractivity contribution is 7.14. The van der Waals surface area contributed by atoms with E-state index in [4.69, 9.17) is 0 Å². The van der Waals surface area contributed by atoms with E-state index in [0.29, 0.717) is 5.13 Å². The Labute approximate surface area is 156 Å². The van der Waals surface area contributed by atoms with Gasteiger partial charge in [0.25, 0.3) is 0 Å². The number of aryl methyl sites for hydroxylation is 2. The first-order valence-electron chi connectivity index (χ1n) is 9.01. The molecule has 0 aliphatic heterocycles. The van der Waals surface area contributed by atoms with Crippen LogP contribution in [0, 0.1) is 37.5 Å². The fourth-order valence-electron chi connectivity index (χ4n) is 4.77. The molecule has 2 aromatic rings. The number of aliphatic carboxylic acids is 1. The summed E-state index contributed by atoms with van der Waals surface area (Å²) in [5.74, 6) is -1.67. The summed E-state index contributed by atoms with van der Waals surface area (Å²) < 4.78 is 0. The summed E-state index contributed by atoms with van der Waals surface area (Å²) in [6.07, 6.45) is 2.75. The lowest BCUT2D eigenvalue weighted by atomic mass is 9.79. The Hall–Kier alpha value is -2.21. The molecule has 2 fully saturated rings. The predicted octanol–water partition coefficient (Wildman–Crippen LogP) is 4.11. The van der Waals surface area contributed by atoms with E-state index in [2.05, 4.69) is 23.3 Å². The molecular formula is C20H22N2O3S. The lowest BCUT2D eigenvalue weighted by Gasteiger charge is -2.26. The largest absolute Gasteiger partial charge is 0.481 e. The van der Waals surface area contributed by atoms with Gasteiger partial charge in [-0.1, -0.05) is 23.8 Å². The van der Waals surface area contributed by atoms with E-state index in [0.717, 1.165) is 36.1 Å². The first-order chi connectivity index (χ1) is 12.4. The van der Waals surface area contributed by atoms with Crippen LogP contribution in [-0.2, 0) is 9.59 Å². The number of benzene rings is 1. The third-order valence-corrected chi connectivity index (χ3v) is 6.65. The van der Waals surface area contributed by atoms with Gasteiger partial charge in [0.1, 0.15) is 0 Å². The van der Waals surface area contributed by atoms with Crippen molar-refractivity contribution in [1.29, 1.82) is 0 Å². The second-order valence-corrected chi connectivity index (χ2v) is 8.43. The maximum Gasteiger partial charge on any atom is 0.307 e. The molecule has 5 nitrogen and oxygen atoms in total. The van der Waals surface area contributed by atoms with Crippen LogP contribution in [0.4, 0.5) is 5.13 Å². The molecule has 2 bridgehead atoms. The zero-order chi connectivity index (χ0) is 18.4. The van der Waals surface area contributed by atoms with E-state index in [9.17, 15) is 14.7 Å². The van der Waals surface area contributed by atoms with Gasteiger partial charge in [-0.15, -0.1) is 11.3 Å². The van der Waals surface area contributed by atoms with Gasteiger partial charge in [0.15, 0.2) is 5.13 Å². The number of rotatable bonds is 4. The molecule has 1 amide bonds. The van der Waals surface area contributed by atoms with Crippen LogP contribution in [0.25, 0.3) is 11.3 Å². The molecule has 6 heteroatoms. The Morgan fingerprint density at radius 1 is 1.19 bits per heavy atom. The molecule has 2 aliphatic rings. The Bertz CT molecular complexity index is 876. The number of thiazole rings is 1. The van der Waals surface area contributed by atoms with Crippen LogP contribution >= 0.6 is 11.3 Å². The molecule has 1 heterocycles. The molecule has 2 N–H and O–H groups in total. The number of aromatic nitrogens is 1. The highest BCUT2D eigenvalue weighted by Crippen LogP contribution is 2.52. The van der Waals surface area contributed by atoms with Crippen molar-refractivity contribution < 1.29 is 14.7 Å². The van der Waals surface area contributed by atoms with Gasteiger partial charge in [0.2, 0.25) is 5.91 Å². The average Bonchev–Trinajstić information content (AvgIpc) is 3.29. The second-order valence-electron chi connectivity index (χ2n) is 7.57. The van der Waals surface area contributed by atoms with Crippen molar-refractivity contribution in [1.82, 2.24) is 4.98 Å². The van der Waals surface area contributed by atoms with Gasteiger partial charge in [-0.25, -0.2) is 4.98 Å². The molecular weight excluding hydrogens is 348 g/mol. The Morgan fingerprint density at radius 2 is 1.92 bits per heavy atom. The molecule has 0 spiro atoms. The molecule has 1 aromatic heterocycles. The summed E-state index contributed by atoms with van der Waals surface area (Å²) in [7, 11) is 0. The number of amides is 1. The third-order valence-electron chi connectivity index (χ3n) is 5.90. The van der Waals surface area contributed by atoms with E-state index in [1.807, 2.05) is 24.4 Å². The molecule has 2 aliphatic carbocycles. The van der Waals surface area contributed by atoms with Crippen LogP contribution in [0.2, 0.25) is 0 Å². The molecule has 0 saturated heterocycles. The predicted molar refractivity (Wildman–Crippen MR) is 101 cm³/mol. The number of carboxylic acid groups (broad SMARTS) is 1. The fraction of sp³-hybridized carbons (Fsp3) is 0.450. The molecule has 4 rings (SSSR count). The lowest BCUT2D eigenvalue weighted by molar-refractivity contribution is -0.148. The van der Waals surface area contributed by atoms with Crippen molar-refractivity contribution in [2.24, 2.45) is 23.7 Å². The van der Waals surface area contributed by atoms with Gasteiger partial charge >= 0.3 is 5.97 Å². The van der Waals surface area contributed by atoms with Crippen molar-refractivity contribution >= 4 is 28.3 Å². The highest BCUT2D eigenvalue weighted by Gasteiger charge is 2.54. The quantitative estimate of drug-likeness (QED) is 0.849. The number of carbonyl (C=O) groups is 2. The summed E-state index contributed by atoms with van der Waals surface area (Å²) >= 11 is 1.38. The van der Waals surface area contributed by atoms with Gasteiger partial charge < -0.3 is 10.4 Å². The minimum atomic E-state index is -0.840. The van der Waals surface area contributed by atoms with E-state index in [-0.39, 0.29) is 17.7 Å². The standard InChI is InChI=1S/C20H22N2O3S/c1-10-3-6-14(11(2)7-10)15-9-26-20(21-15)22-18(23)16-12-4-5-13(8-12)17(16)19(24)25/h3,6-7,9,12-13,16-17H,4-5,8H2,1-2H3,(H,24,25)(H,21,22,23)/t12-,13-,16-,17-/m1/s1. The minimum absolute atomic E-state index is 0.148. The van der Waals surface area contributed by atoms with Crippen LogP contribution in [0.15, 0.2) is 23.6 Å². The molecule has 4 atom stereocenters. The van der Waals surface area contributed by atoms with Gasteiger partial charge in [-0.05, 0) is 50.5 Å². The second kappa shape index (κ2) is 6.50. The number of nitrogens with one attached hydrogen (secondary N) is 1. The zero-order valence-electron chi connectivity index (χ0n) is 14.9. The van der Waals surface area contributed by atoms with Crippen molar-refractivity contribution in [3.63, 3.8) is 0 Å². The van der Waals surface area contributed by atoms with Crippen molar-refractivity contribution in [3.05, 3.63) is 34.7 Å². The van der Waals surface area contributed by atoms with Crippen molar-refractivity contribution in [2.75, 3.05) is 5.32 Å². The van der Waals surface area contributed by atoms with E-state index < -0.39 is 17.8 Å². The number of hydrogen-bond donors (Lipinski definition) is 2. The van der Waals surface area contributed by atoms with Crippen molar-refractivity contribution in [3.8, 4) is 11.3 Å². The summed E-state index contributed by atoms with van der Waals surface area (Å²) in [6.45, 7) is 4.10. The molecule has 0 unspecified atom stereocenters. The zero-order valence-corrected chi connectivity index (χ0v) is 15.7. The third kappa shape index (κ3) is 2.92. The molecule has 136 valence electrons. The van der Waals surface area contributed by atoms with Crippen LogP contribution in [-0.4, -0.2) is 22.0 Å². The number of carbonyl (C=O) groups excluding carboxylic acids is 1. The topological polar surface area (TPSA) is 79.3 Å². The van der Waals surface area contributed by atoms with E-state index in [1.54, 1.807) is 0 Å². The molecule has 26 heavy (non-hydrogen) atoms. The monoisotopic (exact) mass is 370 g/mol. The SMILES string of the molecule is Cc1ccc(-c2csc(NC(=O)[C@@H]3[C@@H]4CC[C@H](C4)[C@H]3C(=O)O)n2)c(C)c1. The average molecular weight is 370 g/mol. The van der Waals surface area contributed by atoms with Crippen LogP contribution in [0.3, 0.4) is 0 Å². The number of hydrogen-bond acceptors (Lipinski definition) is 4. The van der Waals surface area contributed by atoms with Gasteiger partial charge in [0.05, 0.1) is 17.5 Å². The number of nitrogens with zero attached hydrogens (tertiary/aromatic N) is 1. The fourth-order valence-corrected chi connectivity index (χ4v) is 5.48. The summed E-state index contributed by atoms with van der Waals surface area (Å²) in [5, 5.41) is 14.9. The first kappa shape index (κ1) is 17.2. The molecule has 0 radical (unpaired) electrons. The number of carboxylic acids is 1. The normalized spacial score (nSPS) is 26.8.